The van der Waals surface area contributed by atoms with Crippen LogP contribution in [0.25, 0.3) is 0 Å². The van der Waals surface area contributed by atoms with Crippen LogP contribution in [0.3, 0.4) is 0 Å². The van der Waals surface area contributed by atoms with Crippen LogP contribution >= 0.6 is 0 Å². The average Bonchev–Trinajstić information content (AvgIpc) is 3.18. The predicted molar refractivity (Wildman–Crippen MR) is 107 cm³/mol. The molecule has 0 bridgehead atoms. The normalized spacial score (nSPS) is 14.9. The number of benzene rings is 2. The number of rotatable bonds is 5. The molecule has 1 atom stereocenters. The van der Waals surface area contributed by atoms with Gasteiger partial charge in [-0.3, -0.25) is 4.79 Å². The number of carbonyl (C=O) groups is 2. The first-order valence-corrected chi connectivity index (χ1v) is 8.87. The summed E-state index contributed by atoms with van der Waals surface area (Å²) in [6.45, 7) is 0. The van der Waals surface area contributed by atoms with Crippen LogP contribution in [-0.4, -0.2) is 33.9 Å². The quantitative estimate of drug-likeness (QED) is 0.618. The number of hydrogen-bond donors (Lipinski definition) is 3. The van der Waals surface area contributed by atoms with Gasteiger partial charge in [0, 0.05) is 11.8 Å². The molecule has 1 aliphatic rings. The molecule has 3 N–H and O–H groups in total. The second kappa shape index (κ2) is 7.51. The molecule has 0 spiro atoms. The molecule has 2 aromatic carbocycles. The summed E-state index contributed by atoms with van der Waals surface area (Å²) in [6.07, 6.45) is 2.99. The molecular formula is C21H18N4O4. The maximum atomic E-state index is 12.9. The van der Waals surface area contributed by atoms with Crippen molar-refractivity contribution in [3.05, 3.63) is 83.7 Å². The summed E-state index contributed by atoms with van der Waals surface area (Å²) in [5.41, 5.74) is 1.64. The van der Waals surface area contributed by atoms with E-state index in [1.165, 1.54) is 6.20 Å². The number of fused-ring (bicyclic) bond motifs is 1. The number of aromatic nitrogens is 2. The molecule has 8 heteroatoms. The second-order valence-electron chi connectivity index (χ2n) is 6.40. The van der Waals surface area contributed by atoms with Crippen LogP contribution in [-0.2, 0) is 4.79 Å². The number of carboxylic acids is 1. The largest absolute Gasteiger partial charge is 0.497 e. The van der Waals surface area contributed by atoms with Crippen molar-refractivity contribution in [3.8, 4) is 5.75 Å². The number of anilines is 2. The van der Waals surface area contributed by atoms with Gasteiger partial charge in [0.1, 0.15) is 22.8 Å². The highest BCUT2D eigenvalue weighted by atomic mass is 16.5. The lowest BCUT2D eigenvalue weighted by Gasteiger charge is -2.24. The maximum Gasteiger partial charge on any atom is 0.352 e. The SMILES string of the molecule is COc1cccc(NC(=O)c2cnn3c2NC(C(=O)O)=C[C@@H]3c2ccccc2)c1. The summed E-state index contributed by atoms with van der Waals surface area (Å²) in [5.74, 6) is -0.597. The van der Waals surface area contributed by atoms with Crippen LogP contribution < -0.4 is 15.4 Å². The number of methoxy groups -OCH3 is 1. The summed E-state index contributed by atoms with van der Waals surface area (Å²) >= 11 is 0. The molecule has 1 amide bonds. The number of carbonyl (C=O) groups excluding carboxylic acids is 1. The van der Waals surface area contributed by atoms with Gasteiger partial charge in [-0.2, -0.15) is 5.10 Å². The van der Waals surface area contributed by atoms with E-state index < -0.39 is 17.9 Å². The van der Waals surface area contributed by atoms with Crippen molar-refractivity contribution in [1.82, 2.24) is 9.78 Å². The van der Waals surface area contributed by atoms with Gasteiger partial charge in [-0.05, 0) is 23.8 Å². The Morgan fingerprint density at radius 3 is 2.69 bits per heavy atom. The van der Waals surface area contributed by atoms with Gasteiger partial charge in [0.2, 0.25) is 0 Å². The molecule has 3 aromatic rings. The maximum absolute atomic E-state index is 12.9. The number of allylic oxidation sites excluding steroid dienone is 1. The molecule has 146 valence electrons. The third-order valence-corrected chi connectivity index (χ3v) is 4.58. The molecule has 0 radical (unpaired) electrons. The highest BCUT2D eigenvalue weighted by Crippen LogP contribution is 2.32. The lowest BCUT2D eigenvalue weighted by molar-refractivity contribution is -0.132. The van der Waals surface area contributed by atoms with Crippen LogP contribution in [0.4, 0.5) is 11.5 Å². The lowest BCUT2D eigenvalue weighted by atomic mass is 10.0. The Hall–Kier alpha value is -4.07. The standard InChI is InChI=1S/C21H18N4O4/c1-29-15-9-5-8-14(10-15)23-20(26)16-12-22-25-18(13-6-3-2-4-7-13)11-17(21(27)28)24-19(16)25/h2-12,18,24H,1H3,(H,23,26)(H,27,28)/t18-/m1/s1. The van der Waals surface area contributed by atoms with Crippen molar-refractivity contribution in [3.63, 3.8) is 0 Å². The topological polar surface area (TPSA) is 105 Å². The highest BCUT2D eigenvalue weighted by molar-refractivity contribution is 6.08. The molecule has 0 aliphatic carbocycles. The smallest absolute Gasteiger partial charge is 0.352 e. The number of nitrogens with one attached hydrogen (secondary N) is 2. The van der Waals surface area contributed by atoms with Gasteiger partial charge in [-0.1, -0.05) is 36.4 Å². The van der Waals surface area contributed by atoms with E-state index in [0.717, 1.165) is 5.56 Å². The minimum absolute atomic E-state index is 0.0118. The van der Waals surface area contributed by atoms with Crippen LogP contribution in [0.5, 0.6) is 5.75 Å². The zero-order chi connectivity index (χ0) is 20.4. The summed E-state index contributed by atoms with van der Waals surface area (Å²) in [4.78, 5) is 24.5. The van der Waals surface area contributed by atoms with Crippen LogP contribution in [0.1, 0.15) is 22.0 Å². The van der Waals surface area contributed by atoms with E-state index in [1.807, 2.05) is 30.3 Å². The minimum Gasteiger partial charge on any atom is -0.497 e. The summed E-state index contributed by atoms with van der Waals surface area (Å²) in [6, 6.07) is 15.9. The van der Waals surface area contributed by atoms with Gasteiger partial charge in [-0.25, -0.2) is 9.48 Å². The molecule has 0 unspecified atom stereocenters. The van der Waals surface area contributed by atoms with E-state index in [4.69, 9.17) is 4.74 Å². The zero-order valence-electron chi connectivity index (χ0n) is 15.5. The number of hydrogen-bond acceptors (Lipinski definition) is 5. The summed E-state index contributed by atoms with van der Waals surface area (Å²) in [5, 5.41) is 19.4. The van der Waals surface area contributed by atoms with E-state index >= 15 is 0 Å². The summed E-state index contributed by atoms with van der Waals surface area (Å²) in [7, 11) is 1.54. The Bertz CT molecular complexity index is 1100. The first-order valence-electron chi connectivity index (χ1n) is 8.87. The van der Waals surface area contributed by atoms with Crippen molar-refractivity contribution in [2.45, 2.75) is 6.04 Å². The van der Waals surface area contributed by atoms with Crippen LogP contribution in [0.2, 0.25) is 0 Å². The van der Waals surface area contributed by atoms with E-state index in [-0.39, 0.29) is 11.3 Å². The molecule has 4 rings (SSSR count). The first kappa shape index (κ1) is 18.3. The average molecular weight is 390 g/mol. The Balaban J connectivity index is 1.69. The highest BCUT2D eigenvalue weighted by Gasteiger charge is 2.29. The second-order valence-corrected chi connectivity index (χ2v) is 6.40. The minimum atomic E-state index is -1.11. The van der Waals surface area contributed by atoms with E-state index in [9.17, 15) is 14.7 Å². The lowest BCUT2D eigenvalue weighted by Crippen LogP contribution is -2.25. The van der Waals surface area contributed by atoms with Gasteiger partial charge in [-0.15, -0.1) is 0 Å². The Morgan fingerprint density at radius 1 is 1.17 bits per heavy atom. The molecule has 8 nitrogen and oxygen atoms in total. The third kappa shape index (κ3) is 3.55. The first-order chi connectivity index (χ1) is 14.1. The molecular weight excluding hydrogens is 372 g/mol. The fraction of sp³-hybridized carbons (Fsp3) is 0.0952. The monoisotopic (exact) mass is 390 g/mol. The van der Waals surface area contributed by atoms with Gasteiger partial charge >= 0.3 is 5.97 Å². The van der Waals surface area contributed by atoms with Crippen LogP contribution in [0.15, 0.2) is 72.6 Å². The molecule has 29 heavy (non-hydrogen) atoms. The number of ether oxygens (including phenoxy) is 1. The molecule has 0 saturated heterocycles. The molecule has 1 aromatic heterocycles. The van der Waals surface area contributed by atoms with E-state index in [1.54, 1.807) is 42.1 Å². The molecule has 0 fully saturated rings. The number of nitrogens with zero attached hydrogens (tertiary/aromatic N) is 2. The Morgan fingerprint density at radius 2 is 1.97 bits per heavy atom. The van der Waals surface area contributed by atoms with E-state index in [0.29, 0.717) is 17.3 Å². The number of carboxylic acid groups (broad SMARTS) is 1. The van der Waals surface area contributed by atoms with Crippen molar-refractivity contribution >= 4 is 23.4 Å². The fourth-order valence-corrected chi connectivity index (χ4v) is 3.17. The van der Waals surface area contributed by atoms with Gasteiger partial charge in [0.25, 0.3) is 5.91 Å². The molecule has 1 aliphatic heterocycles. The van der Waals surface area contributed by atoms with Gasteiger partial charge < -0.3 is 20.5 Å². The van der Waals surface area contributed by atoms with Crippen molar-refractivity contribution in [2.24, 2.45) is 0 Å². The molecule has 2 heterocycles. The van der Waals surface area contributed by atoms with Crippen molar-refractivity contribution in [1.29, 1.82) is 0 Å². The summed E-state index contributed by atoms with van der Waals surface area (Å²) < 4.78 is 6.77. The van der Waals surface area contributed by atoms with E-state index in [2.05, 4.69) is 15.7 Å². The Kier molecular flexibility index (Phi) is 4.74. The molecule has 0 saturated carbocycles. The zero-order valence-corrected chi connectivity index (χ0v) is 15.5. The fourth-order valence-electron chi connectivity index (χ4n) is 3.17. The van der Waals surface area contributed by atoms with Crippen LogP contribution in [0, 0.1) is 0 Å². The number of amides is 1. The third-order valence-electron chi connectivity index (χ3n) is 4.58. The Labute approximate surface area is 166 Å². The predicted octanol–water partition coefficient (Wildman–Crippen LogP) is 3.13. The van der Waals surface area contributed by atoms with Gasteiger partial charge in [0.05, 0.1) is 19.3 Å². The van der Waals surface area contributed by atoms with Crippen molar-refractivity contribution < 1.29 is 19.4 Å². The number of aliphatic carboxylic acids is 1. The van der Waals surface area contributed by atoms with Gasteiger partial charge in [0.15, 0.2) is 0 Å². The van der Waals surface area contributed by atoms with Crippen molar-refractivity contribution in [2.75, 3.05) is 17.7 Å².